The molecule has 76 valence electrons. The lowest BCUT2D eigenvalue weighted by Gasteiger charge is -2.13. The normalized spacial score (nSPS) is 9.50. The fourth-order valence-electron chi connectivity index (χ4n) is 0.689. The lowest BCUT2D eigenvalue weighted by atomic mass is 10.6. The molecule has 1 aromatic heterocycles. The minimum atomic E-state index is -1.07. The molecule has 0 unspecified atom stereocenters. The molecule has 8 heteroatoms. The number of carbonyl (C=O) groups is 2. The molecule has 0 bridgehead atoms. The van der Waals surface area contributed by atoms with Gasteiger partial charge in [-0.1, -0.05) is 11.3 Å². The topological polar surface area (TPSA) is 95.4 Å². The van der Waals surface area contributed by atoms with E-state index in [0.717, 1.165) is 16.2 Å². The Bertz CT molecular complexity index is 326. The molecule has 14 heavy (non-hydrogen) atoms. The largest absolute Gasteiger partial charge is 0.480 e. The van der Waals surface area contributed by atoms with Crippen molar-refractivity contribution in [2.45, 2.75) is 0 Å². The third-order valence-electron chi connectivity index (χ3n) is 1.29. The SMILES string of the molecule is CN(CC(=O)O)C(=O)Nc1nncs1. The Balaban J connectivity index is 2.46. The summed E-state index contributed by atoms with van der Waals surface area (Å²) in [5, 5.41) is 18.2. The van der Waals surface area contributed by atoms with E-state index in [1.165, 1.54) is 12.6 Å². The van der Waals surface area contributed by atoms with E-state index in [1.54, 1.807) is 0 Å². The monoisotopic (exact) mass is 216 g/mol. The fourth-order valence-corrected chi connectivity index (χ4v) is 1.12. The van der Waals surface area contributed by atoms with Gasteiger partial charge in [-0.25, -0.2) is 4.79 Å². The summed E-state index contributed by atoms with van der Waals surface area (Å²) in [6, 6.07) is -0.524. The van der Waals surface area contributed by atoms with Gasteiger partial charge in [0.25, 0.3) is 0 Å². The minimum Gasteiger partial charge on any atom is -0.480 e. The Morgan fingerprint density at radius 2 is 2.43 bits per heavy atom. The molecule has 7 nitrogen and oxygen atoms in total. The average Bonchev–Trinajstić information content (AvgIpc) is 2.55. The molecule has 2 N–H and O–H groups in total. The molecule has 0 aliphatic heterocycles. The maximum absolute atomic E-state index is 11.2. The van der Waals surface area contributed by atoms with Gasteiger partial charge in [0.05, 0.1) is 0 Å². The molecule has 1 rings (SSSR count). The first-order chi connectivity index (χ1) is 6.59. The number of carbonyl (C=O) groups excluding carboxylic acids is 1. The van der Waals surface area contributed by atoms with Crippen LogP contribution in [0.2, 0.25) is 0 Å². The second-order valence-electron chi connectivity index (χ2n) is 2.42. The number of urea groups is 1. The summed E-state index contributed by atoms with van der Waals surface area (Å²) in [5.74, 6) is -1.07. The van der Waals surface area contributed by atoms with Crippen molar-refractivity contribution in [3.8, 4) is 0 Å². The highest BCUT2D eigenvalue weighted by Gasteiger charge is 2.12. The first-order valence-corrected chi connectivity index (χ1v) is 4.47. The highest BCUT2D eigenvalue weighted by Crippen LogP contribution is 2.08. The number of carboxylic acids is 1. The number of carboxylic acid groups (broad SMARTS) is 1. The lowest BCUT2D eigenvalue weighted by Crippen LogP contribution is -2.35. The van der Waals surface area contributed by atoms with Crippen molar-refractivity contribution in [1.82, 2.24) is 15.1 Å². The summed E-state index contributed by atoms with van der Waals surface area (Å²) >= 11 is 1.16. The van der Waals surface area contributed by atoms with Crippen LogP contribution in [-0.4, -0.2) is 45.8 Å². The van der Waals surface area contributed by atoms with E-state index in [2.05, 4.69) is 15.5 Å². The van der Waals surface area contributed by atoms with Crippen molar-refractivity contribution in [2.24, 2.45) is 0 Å². The second-order valence-corrected chi connectivity index (χ2v) is 3.26. The van der Waals surface area contributed by atoms with Crippen LogP contribution in [0.1, 0.15) is 0 Å². The van der Waals surface area contributed by atoms with E-state index in [9.17, 15) is 9.59 Å². The molecule has 0 spiro atoms. The van der Waals surface area contributed by atoms with Crippen LogP contribution in [0.15, 0.2) is 5.51 Å². The van der Waals surface area contributed by atoms with E-state index >= 15 is 0 Å². The summed E-state index contributed by atoms with van der Waals surface area (Å²) in [4.78, 5) is 22.5. The van der Waals surface area contributed by atoms with Crippen LogP contribution in [0.5, 0.6) is 0 Å². The highest BCUT2D eigenvalue weighted by molar-refractivity contribution is 7.13. The summed E-state index contributed by atoms with van der Waals surface area (Å²) < 4.78 is 0. The quantitative estimate of drug-likeness (QED) is 0.746. The summed E-state index contributed by atoms with van der Waals surface area (Å²) in [6.07, 6.45) is 0. The van der Waals surface area contributed by atoms with Crippen LogP contribution in [0.4, 0.5) is 9.93 Å². The van der Waals surface area contributed by atoms with Gasteiger partial charge in [-0.2, -0.15) is 0 Å². The van der Waals surface area contributed by atoms with Crippen molar-refractivity contribution < 1.29 is 14.7 Å². The van der Waals surface area contributed by atoms with Crippen LogP contribution >= 0.6 is 11.3 Å². The van der Waals surface area contributed by atoms with Crippen LogP contribution in [-0.2, 0) is 4.79 Å². The number of likely N-dealkylation sites (N-methyl/N-ethyl adjacent to an activating group) is 1. The van der Waals surface area contributed by atoms with Crippen molar-refractivity contribution in [1.29, 1.82) is 0 Å². The minimum absolute atomic E-state index is 0.340. The Morgan fingerprint density at radius 1 is 1.71 bits per heavy atom. The molecule has 2 amide bonds. The Labute approximate surface area is 83.4 Å². The summed E-state index contributed by atoms with van der Waals surface area (Å²) in [7, 11) is 1.38. The van der Waals surface area contributed by atoms with E-state index in [4.69, 9.17) is 5.11 Å². The van der Waals surface area contributed by atoms with Gasteiger partial charge >= 0.3 is 12.0 Å². The van der Waals surface area contributed by atoms with E-state index < -0.39 is 12.0 Å². The predicted molar refractivity (Wildman–Crippen MR) is 49.2 cm³/mol. The molecule has 0 saturated carbocycles. The number of nitrogens with one attached hydrogen (secondary N) is 1. The smallest absolute Gasteiger partial charge is 0.323 e. The Morgan fingerprint density at radius 3 is 2.93 bits per heavy atom. The molecule has 0 aromatic carbocycles. The molecular weight excluding hydrogens is 208 g/mol. The number of hydrogen-bond acceptors (Lipinski definition) is 5. The van der Waals surface area contributed by atoms with Gasteiger partial charge in [-0.05, 0) is 0 Å². The zero-order chi connectivity index (χ0) is 10.6. The van der Waals surface area contributed by atoms with Crippen molar-refractivity contribution in [3.63, 3.8) is 0 Å². The Kier molecular flexibility index (Phi) is 3.35. The highest BCUT2D eigenvalue weighted by atomic mass is 32.1. The van der Waals surface area contributed by atoms with Crippen molar-refractivity contribution in [3.05, 3.63) is 5.51 Å². The molecule has 1 aromatic rings. The third-order valence-corrected chi connectivity index (χ3v) is 1.90. The summed E-state index contributed by atoms with van der Waals surface area (Å²) in [6.45, 7) is -0.357. The average molecular weight is 216 g/mol. The second kappa shape index (κ2) is 4.51. The molecule has 0 fully saturated rings. The molecule has 0 aliphatic rings. The first-order valence-electron chi connectivity index (χ1n) is 3.59. The van der Waals surface area contributed by atoms with Gasteiger partial charge in [-0.3, -0.25) is 10.1 Å². The van der Waals surface area contributed by atoms with Crippen LogP contribution in [0, 0.1) is 0 Å². The molecule has 1 heterocycles. The summed E-state index contributed by atoms with van der Waals surface area (Å²) in [5.41, 5.74) is 1.47. The van der Waals surface area contributed by atoms with Gasteiger partial charge in [-0.15, -0.1) is 10.2 Å². The number of aliphatic carboxylic acids is 1. The van der Waals surface area contributed by atoms with Crippen molar-refractivity contribution >= 4 is 28.5 Å². The van der Waals surface area contributed by atoms with E-state index in [1.807, 2.05) is 0 Å². The van der Waals surface area contributed by atoms with Gasteiger partial charge in [0, 0.05) is 7.05 Å². The number of nitrogens with zero attached hydrogens (tertiary/aromatic N) is 3. The van der Waals surface area contributed by atoms with Crippen molar-refractivity contribution in [2.75, 3.05) is 18.9 Å². The fraction of sp³-hybridized carbons (Fsp3) is 0.333. The molecule has 0 aliphatic carbocycles. The molecule has 0 radical (unpaired) electrons. The van der Waals surface area contributed by atoms with E-state index in [0.29, 0.717) is 5.13 Å². The predicted octanol–water partition coefficient (Wildman–Crippen LogP) is 0.0864. The maximum atomic E-state index is 11.2. The molecule has 0 atom stereocenters. The molecular formula is C6H8N4O3S. The number of hydrogen-bond donors (Lipinski definition) is 2. The van der Waals surface area contributed by atoms with Crippen LogP contribution < -0.4 is 5.32 Å². The third kappa shape index (κ3) is 2.98. The number of aromatic nitrogens is 2. The van der Waals surface area contributed by atoms with Gasteiger partial charge < -0.3 is 10.0 Å². The molecule has 0 saturated heterocycles. The maximum Gasteiger partial charge on any atom is 0.323 e. The van der Waals surface area contributed by atoms with E-state index in [-0.39, 0.29) is 6.54 Å². The van der Waals surface area contributed by atoms with Crippen LogP contribution in [0.3, 0.4) is 0 Å². The zero-order valence-electron chi connectivity index (χ0n) is 7.30. The number of anilines is 1. The number of amides is 2. The first kappa shape index (κ1) is 10.4. The Hall–Kier alpha value is -1.70. The van der Waals surface area contributed by atoms with Gasteiger partial charge in [0.15, 0.2) is 0 Å². The standard InChI is InChI=1S/C6H8N4O3S/c1-10(2-4(11)12)6(13)8-5-9-7-3-14-5/h3H,2H2,1H3,(H,11,12)(H,8,9,13). The van der Waals surface area contributed by atoms with Crippen LogP contribution in [0.25, 0.3) is 0 Å². The lowest BCUT2D eigenvalue weighted by molar-refractivity contribution is -0.137. The zero-order valence-corrected chi connectivity index (χ0v) is 8.11. The van der Waals surface area contributed by atoms with Gasteiger partial charge in [0.2, 0.25) is 5.13 Å². The number of rotatable bonds is 3. The van der Waals surface area contributed by atoms with Gasteiger partial charge in [0.1, 0.15) is 12.1 Å².